The van der Waals surface area contributed by atoms with Crippen LogP contribution in [0.1, 0.15) is 29.5 Å². The number of likely N-dealkylation sites (tertiary alicyclic amines) is 1. The first-order chi connectivity index (χ1) is 12.6. The zero-order valence-electron chi connectivity index (χ0n) is 15.2. The standard InChI is InChI=1S/C22H25N3O/c1-18-7-5-6-8-19(18)15-24-21(26)16-25-13-11-22(17-23,12-14-25)20-9-3-2-4-10-20/h2-10H,11-16H2,1H3,(H,24,26). The summed E-state index contributed by atoms with van der Waals surface area (Å²) in [6.45, 7) is 4.53. The molecule has 1 aliphatic heterocycles. The molecule has 0 unspecified atom stereocenters. The molecule has 4 nitrogen and oxygen atoms in total. The number of amides is 1. The number of aryl methyl sites for hydroxylation is 1. The minimum atomic E-state index is -0.421. The van der Waals surface area contributed by atoms with E-state index in [2.05, 4.69) is 29.3 Å². The Kier molecular flexibility index (Phi) is 5.70. The van der Waals surface area contributed by atoms with Crippen LogP contribution in [0, 0.1) is 18.3 Å². The zero-order chi connectivity index (χ0) is 18.4. The normalized spacial score (nSPS) is 16.6. The van der Waals surface area contributed by atoms with E-state index in [9.17, 15) is 10.1 Å². The van der Waals surface area contributed by atoms with Crippen LogP contribution in [0.2, 0.25) is 0 Å². The molecule has 1 amide bonds. The monoisotopic (exact) mass is 347 g/mol. The van der Waals surface area contributed by atoms with Gasteiger partial charge >= 0.3 is 0 Å². The van der Waals surface area contributed by atoms with E-state index in [4.69, 9.17) is 0 Å². The summed E-state index contributed by atoms with van der Waals surface area (Å²) in [4.78, 5) is 14.4. The minimum Gasteiger partial charge on any atom is -0.351 e. The Morgan fingerprint density at radius 2 is 1.77 bits per heavy atom. The quantitative estimate of drug-likeness (QED) is 0.904. The lowest BCUT2D eigenvalue weighted by molar-refractivity contribution is -0.122. The third kappa shape index (κ3) is 4.12. The number of carbonyl (C=O) groups excluding carboxylic acids is 1. The average molecular weight is 347 g/mol. The van der Waals surface area contributed by atoms with Gasteiger partial charge in [0.2, 0.25) is 5.91 Å². The van der Waals surface area contributed by atoms with Gasteiger partial charge in [0.15, 0.2) is 0 Å². The van der Waals surface area contributed by atoms with Crippen LogP contribution in [0.3, 0.4) is 0 Å². The van der Waals surface area contributed by atoms with Crippen molar-refractivity contribution in [3.05, 3.63) is 71.3 Å². The van der Waals surface area contributed by atoms with Crippen molar-refractivity contribution < 1.29 is 4.79 Å². The zero-order valence-corrected chi connectivity index (χ0v) is 15.2. The largest absolute Gasteiger partial charge is 0.351 e. The first-order valence-corrected chi connectivity index (χ1v) is 9.13. The predicted octanol–water partition coefficient (Wildman–Crippen LogP) is 3.17. The van der Waals surface area contributed by atoms with E-state index < -0.39 is 5.41 Å². The Morgan fingerprint density at radius 3 is 2.42 bits per heavy atom. The van der Waals surface area contributed by atoms with E-state index >= 15 is 0 Å². The van der Waals surface area contributed by atoms with Crippen LogP contribution in [0.4, 0.5) is 0 Å². The third-order valence-corrected chi connectivity index (χ3v) is 5.35. The molecular formula is C22H25N3O. The Balaban J connectivity index is 1.51. The van der Waals surface area contributed by atoms with Gasteiger partial charge in [-0.25, -0.2) is 0 Å². The molecule has 1 saturated heterocycles. The number of benzene rings is 2. The number of nitrogens with zero attached hydrogens (tertiary/aromatic N) is 2. The van der Waals surface area contributed by atoms with E-state index in [0.29, 0.717) is 13.1 Å². The van der Waals surface area contributed by atoms with Gasteiger partial charge in [0, 0.05) is 19.6 Å². The lowest BCUT2D eigenvalue weighted by atomic mass is 9.74. The molecule has 134 valence electrons. The molecule has 1 fully saturated rings. The number of rotatable bonds is 5. The molecule has 3 rings (SSSR count). The molecule has 1 aliphatic rings. The summed E-state index contributed by atoms with van der Waals surface area (Å²) in [6.07, 6.45) is 1.52. The topological polar surface area (TPSA) is 56.1 Å². The molecule has 0 saturated carbocycles. The smallest absolute Gasteiger partial charge is 0.234 e. The van der Waals surface area contributed by atoms with Gasteiger partial charge in [0.25, 0.3) is 0 Å². The maximum Gasteiger partial charge on any atom is 0.234 e. The summed E-state index contributed by atoms with van der Waals surface area (Å²) >= 11 is 0. The molecule has 26 heavy (non-hydrogen) atoms. The summed E-state index contributed by atoms with van der Waals surface area (Å²) in [7, 11) is 0. The van der Waals surface area contributed by atoms with Gasteiger partial charge in [-0.05, 0) is 36.5 Å². The highest BCUT2D eigenvalue weighted by atomic mass is 16.2. The van der Waals surface area contributed by atoms with Gasteiger partial charge in [-0.2, -0.15) is 5.26 Å². The highest BCUT2D eigenvalue weighted by Gasteiger charge is 2.36. The van der Waals surface area contributed by atoms with Gasteiger partial charge in [-0.3, -0.25) is 9.69 Å². The summed E-state index contributed by atoms with van der Waals surface area (Å²) < 4.78 is 0. The minimum absolute atomic E-state index is 0.0393. The lowest BCUT2D eigenvalue weighted by Gasteiger charge is -2.37. The van der Waals surface area contributed by atoms with Crippen LogP contribution in [0.15, 0.2) is 54.6 Å². The van der Waals surface area contributed by atoms with Crippen LogP contribution in [0.5, 0.6) is 0 Å². The second-order valence-corrected chi connectivity index (χ2v) is 7.04. The predicted molar refractivity (Wildman–Crippen MR) is 102 cm³/mol. The number of hydrogen-bond donors (Lipinski definition) is 1. The van der Waals surface area contributed by atoms with E-state index in [0.717, 1.165) is 37.1 Å². The maximum absolute atomic E-state index is 12.3. The van der Waals surface area contributed by atoms with Crippen LogP contribution in [-0.2, 0) is 16.8 Å². The molecule has 0 atom stereocenters. The van der Waals surface area contributed by atoms with Crippen LogP contribution in [-0.4, -0.2) is 30.4 Å². The fraction of sp³-hybridized carbons (Fsp3) is 0.364. The molecule has 4 heteroatoms. The SMILES string of the molecule is Cc1ccccc1CNC(=O)CN1CCC(C#N)(c2ccccc2)CC1. The van der Waals surface area contributed by atoms with Crippen LogP contribution >= 0.6 is 0 Å². The Bertz CT molecular complexity index is 787. The number of nitriles is 1. The van der Waals surface area contributed by atoms with Gasteiger partial charge < -0.3 is 5.32 Å². The van der Waals surface area contributed by atoms with Crippen molar-refractivity contribution in [3.8, 4) is 6.07 Å². The van der Waals surface area contributed by atoms with Crippen molar-refractivity contribution in [3.63, 3.8) is 0 Å². The average Bonchev–Trinajstić information content (AvgIpc) is 2.69. The van der Waals surface area contributed by atoms with Crippen molar-refractivity contribution in [2.45, 2.75) is 31.7 Å². The van der Waals surface area contributed by atoms with Crippen LogP contribution < -0.4 is 5.32 Å². The number of carbonyl (C=O) groups is 1. The van der Waals surface area contributed by atoms with E-state index in [-0.39, 0.29) is 5.91 Å². The molecule has 2 aromatic rings. The lowest BCUT2D eigenvalue weighted by Crippen LogP contribution is -2.45. The van der Waals surface area contributed by atoms with E-state index in [1.165, 1.54) is 5.56 Å². The van der Waals surface area contributed by atoms with Crippen molar-refractivity contribution in [1.29, 1.82) is 5.26 Å². The fourth-order valence-corrected chi connectivity index (χ4v) is 3.58. The molecule has 1 heterocycles. The Morgan fingerprint density at radius 1 is 1.12 bits per heavy atom. The first kappa shape index (κ1) is 18.2. The van der Waals surface area contributed by atoms with E-state index in [1.54, 1.807) is 0 Å². The van der Waals surface area contributed by atoms with Crippen LogP contribution in [0.25, 0.3) is 0 Å². The highest BCUT2D eigenvalue weighted by molar-refractivity contribution is 5.78. The Labute approximate surface area is 155 Å². The summed E-state index contributed by atoms with van der Waals surface area (Å²) in [5.41, 5.74) is 3.00. The number of nitrogens with one attached hydrogen (secondary N) is 1. The van der Waals surface area contributed by atoms with Crippen molar-refractivity contribution >= 4 is 5.91 Å². The molecule has 0 aromatic heterocycles. The summed E-state index contributed by atoms with van der Waals surface area (Å²) in [5.74, 6) is 0.0393. The van der Waals surface area contributed by atoms with Crippen molar-refractivity contribution in [2.75, 3.05) is 19.6 Å². The van der Waals surface area contributed by atoms with Gasteiger partial charge in [0.1, 0.15) is 0 Å². The van der Waals surface area contributed by atoms with Crippen molar-refractivity contribution in [2.24, 2.45) is 0 Å². The summed E-state index contributed by atoms with van der Waals surface area (Å²) in [6, 6.07) is 20.6. The fourth-order valence-electron chi connectivity index (χ4n) is 3.58. The number of hydrogen-bond acceptors (Lipinski definition) is 3. The second kappa shape index (κ2) is 8.16. The highest BCUT2D eigenvalue weighted by Crippen LogP contribution is 2.34. The van der Waals surface area contributed by atoms with E-state index in [1.807, 2.05) is 48.5 Å². The molecule has 0 aliphatic carbocycles. The van der Waals surface area contributed by atoms with Gasteiger partial charge in [-0.1, -0.05) is 54.6 Å². The molecule has 0 radical (unpaired) electrons. The number of piperidine rings is 1. The van der Waals surface area contributed by atoms with Gasteiger partial charge in [-0.15, -0.1) is 0 Å². The summed E-state index contributed by atoms with van der Waals surface area (Å²) in [5, 5.41) is 12.8. The van der Waals surface area contributed by atoms with Crippen molar-refractivity contribution in [1.82, 2.24) is 10.2 Å². The molecular weight excluding hydrogens is 322 g/mol. The second-order valence-electron chi connectivity index (χ2n) is 7.04. The van der Waals surface area contributed by atoms with Gasteiger partial charge in [0.05, 0.1) is 18.0 Å². The molecule has 1 N–H and O–H groups in total. The molecule has 0 bridgehead atoms. The maximum atomic E-state index is 12.3. The molecule has 0 spiro atoms. The first-order valence-electron chi connectivity index (χ1n) is 9.13. The Hall–Kier alpha value is -2.64. The third-order valence-electron chi connectivity index (χ3n) is 5.35. The molecule has 2 aromatic carbocycles.